The maximum absolute atomic E-state index is 12.7. The zero-order valence-corrected chi connectivity index (χ0v) is 12.6. The lowest BCUT2D eigenvalue weighted by atomic mass is 10.2. The Morgan fingerprint density at radius 3 is 2.65 bits per heavy atom. The third kappa shape index (κ3) is 5.14. The number of carbonyl (C=O) groups excluding carboxylic acids is 1. The number of halogens is 4. The van der Waals surface area contributed by atoms with Crippen molar-refractivity contribution in [3.8, 4) is 0 Å². The highest BCUT2D eigenvalue weighted by atomic mass is 35.5. The largest absolute Gasteiger partial charge is 0.417 e. The standard InChI is InChI=1S/C15H13ClF3N3O/c16-13-5-4-11(9-12(13)15(17,18)19)22-14(23)21-8-6-10-3-1-2-7-20-10/h1-5,7,9H,6,8H2,(H2,21,22,23). The number of hydrogen-bond acceptors (Lipinski definition) is 2. The van der Waals surface area contributed by atoms with E-state index < -0.39 is 22.8 Å². The Balaban J connectivity index is 1.90. The highest BCUT2D eigenvalue weighted by molar-refractivity contribution is 6.31. The van der Waals surface area contributed by atoms with E-state index in [1.807, 2.05) is 12.1 Å². The fourth-order valence-electron chi connectivity index (χ4n) is 1.85. The van der Waals surface area contributed by atoms with Gasteiger partial charge in [0.15, 0.2) is 0 Å². The summed E-state index contributed by atoms with van der Waals surface area (Å²) >= 11 is 5.51. The number of amides is 2. The van der Waals surface area contributed by atoms with E-state index in [0.717, 1.165) is 17.8 Å². The van der Waals surface area contributed by atoms with E-state index in [1.54, 1.807) is 12.3 Å². The summed E-state index contributed by atoms with van der Waals surface area (Å²) in [5.41, 5.74) is -0.179. The van der Waals surface area contributed by atoms with Gasteiger partial charge in [-0.2, -0.15) is 13.2 Å². The van der Waals surface area contributed by atoms with Crippen LogP contribution in [0, 0.1) is 0 Å². The van der Waals surface area contributed by atoms with Crippen LogP contribution in [0.1, 0.15) is 11.3 Å². The van der Waals surface area contributed by atoms with E-state index in [2.05, 4.69) is 15.6 Å². The first-order chi connectivity index (χ1) is 10.9. The maximum Gasteiger partial charge on any atom is 0.417 e. The molecule has 2 rings (SSSR count). The summed E-state index contributed by atoms with van der Waals surface area (Å²) in [6.45, 7) is 0.308. The molecule has 2 N–H and O–H groups in total. The predicted molar refractivity (Wildman–Crippen MR) is 81.4 cm³/mol. The number of urea groups is 1. The van der Waals surface area contributed by atoms with E-state index in [4.69, 9.17) is 11.6 Å². The summed E-state index contributed by atoms with van der Waals surface area (Å²) in [6.07, 6.45) is -2.42. The Bertz CT molecular complexity index is 677. The van der Waals surface area contributed by atoms with Crippen LogP contribution in [-0.2, 0) is 12.6 Å². The molecule has 4 nitrogen and oxygen atoms in total. The first kappa shape index (κ1) is 17.1. The molecule has 0 aliphatic carbocycles. The van der Waals surface area contributed by atoms with Crippen molar-refractivity contribution in [1.82, 2.24) is 10.3 Å². The molecule has 23 heavy (non-hydrogen) atoms. The number of rotatable bonds is 4. The zero-order chi connectivity index (χ0) is 16.9. The minimum atomic E-state index is -4.58. The Morgan fingerprint density at radius 1 is 1.22 bits per heavy atom. The highest BCUT2D eigenvalue weighted by Crippen LogP contribution is 2.36. The minimum absolute atomic E-state index is 0.0112. The number of hydrogen-bond donors (Lipinski definition) is 2. The molecule has 8 heteroatoms. The van der Waals surface area contributed by atoms with Crippen molar-refractivity contribution < 1.29 is 18.0 Å². The Hall–Kier alpha value is -2.28. The van der Waals surface area contributed by atoms with E-state index in [-0.39, 0.29) is 5.69 Å². The molecule has 1 heterocycles. The molecule has 0 unspecified atom stereocenters. The summed E-state index contributed by atoms with van der Waals surface area (Å²) in [6, 6.07) is 8.01. The first-order valence-corrected chi connectivity index (χ1v) is 7.05. The first-order valence-electron chi connectivity index (χ1n) is 6.68. The van der Waals surface area contributed by atoms with Gasteiger partial charge in [0.05, 0.1) is 10.6 Å². The number of aromatic nitrogens is 1. The number of nitrogens with one attached hydrogen (secondary N) is 2. The van der Waals surface area contributed by atoms with Gasteiger partial charge in [0.25, 0.3) is 0 Å². The smallest absolute Gasteiger partial charge is 0.337 e. The normalized spacial score (nSPS) is 11.1. The monoisotopic (exact) mass is 343 g/mol. The number of nitrogens with zero attached hydrogens (tertiary/aromatic N) is 1. The SMILES string of the molecule is O=C(NCCc1ccccn1)Nc1ccc(Cl)c(C(F)(F)F)c1. The number of alkyl halides is 3. The fraction of sp³-hybridized carbons (Fsp3) is 0.200. The maximum atomic E-state index is 12.7. The molecule has 0 saturated carbocycles. The second-order valence-electron chi connectivity index (χ2n) is 4.64. The van der Waals surface area contributed by atoms with Crippen molar-refractivity contribution in [2.75, 3.05) is 11.9 Å². The van der Waals surface area contributed by atoms with Gasteiger partial charge in [-0.25, -0.2) is 4.79 Å². The molecule has 0 spiro atoms. The predicted octanol–water partition coefficient (Wildman–Crippen LogP) is 4.12. The molecule has 1 aromatic heterocycles. The van der Waals surface area contributed by atoms with Crippen LogP contribution in [0.4, 0.5) is 23.7 Å². The molecular formula is C15H13ClF3N3O. The van der Waals surface area contributed by atoms with Gasteiger partial charge < -0.3 is 10.6 Å². The molecule has 0 aliphatic rings. The van der Waals surface area contributed by atoms with Gasteiger partial charge in [-0.15, -0.1) is 0 Å². The van der Waals surface area contributed by atoms with Gasteiger partial charge in [-0.1, -0.05) is 17.7 Å². The average molecular weight is 344 g/mol. The molecular weight excluding hydrogens is 331 g/mol. The number of pyridine rings is 1. The highest BCUT2D eigenvalue weighted by Gasteiger charge is 2.33. The van der Waals surface area contributed by atoms with Gasteiger partial charge >= 0.3 is 12.2 Å². The summed E-state index contributed by atoms with van der Waals surface area (Å²) in [5, 5.41) is 4.47. The second-order valence-corrected chi connectivity index (χ2v) is 5.05. The lowest BCUT2D eigenvalue weighted by Crippen LogP contribution is -2.30. The number of carbonyl (C=O) groups is 1. The van der Waals surface area contributed by atoms with Crippen LogP contribution in [0.25, 0.3) is 0 Å². The van der Waals surface area contributed by atoms with Gasteiger partial charge in [-0.05, 0) is 30.3 Å². The quantitative estimate of drug-likeness (QED) is 0.877. The zero-order valence-electron chi connectivity index (χ0n) is 11.8. The van der Waals surface area contributed by atoms with Gasteiger partial charge in [0.1, 0.15) is 0 Å². The van der Waals surface area contributed by atoms with Crippen LogP contribution in [-0.4, -0.2) is 17.6 Å². The molecule has 2 amide bonds. The van der Waals surface area contributed by atoms with Crippen LogP contribution in [0.2, 0.25) is 5.02 Å². The van der Waals surface area contributed by atoms with Crippen LogP contribution in [0.3, 0.4) is 0 Å². The Kier molecular flexibility index (Phi) is 5.44. The molecule has 0 saturated heterocycles. The molecule has 0 bridgehead atoms. The second kappa shape index (κ2) is 7.32. The Morgan fingerprint density at radius 2 is 2.00 bits per heavy atom. The number of benzene rings is 1. The molecule has 0 atom stereocenters. The van der Waals surface area contributed by atoms with E-state index in [0.29, 0.717) is 13.0 Å². The number of anilines is 1. The lowest BCUT2D eigenvalue weighted by Gasteiger charge is -2.12. The molecule has 122 valence electrons. The molecule has 2 aromatic rings. The van der Waals surface area contributed by atoms with Crippen LogP contribution >= 0.6 is 11.6 Å². The van der Waals surface area contributed by atoms with Crippen LogP contribution < -0.4 is 10.6 Å². The van der Waals surface area contributed by atoms with Crippen molar-refractivity contribution >= 4 is 23.3 Å². The van der Waals surface area contributed by atoms with Crippen molar-refractivity contribution in [2.24, 2.45) is 0 Å². The summed E-state index contributed by atoms with van der Waals surface area (Å²) < 4.78 is 38.2. The Labute approximate surface area is 135 Å². The molecule has 1 aromatic carbocycles. The fourth-order valence-corrected chi connectivity index (χ4v) is 2.07. The molecule has 0 aliphatic heterocycles. The lowest BCUT2D eigenvalue weighted by molar-refractivity contribution is -0.137. The third-order valence-electron chi connectivity index (χ3n) is 2.92. The third-order valence-corrected chi connectivity index (χ3v) is 3.25. The average Bonchev–Trinajstić information content (AvgIpc) is 2.49. The summed E-state index contributed by atoms with van der Waals surface area (Å²) in [7, 11) is 0. The van der Waals surface area contributed by atoms with Gasteiger partial charge in [0.2, 0.25) is 0 Å². The van der Waals surface area contributed by atoms with Crippen molar-refractivity contribution in [2.45, 2.75) is 12.6 Å². The minimum Gasteiger partial charge on any atom is -0.337 e. The summed E-state index contributed by atoms with van der Waals surface area (Å²) in [4.78, 5) is 15.8. The van der Waals surface area contributed by atoms with Crippen molar-refractivity contribution in [3.05, 3.63) is 58.9 Å². The topological polar surface area (TPSA) is 54.0 Å². The van der Waals surface area contributed by atoms with Crippen LogP contribution in [0.5, 0.6) is 0 Å². The van der Waals surface area contributed by atoms with E-state index in [1.165, 1.54) is 6.07 Å². The van der Waals surface area contributed by atoms with Crippen molar-refractivity contribution in [1.29, 1.82) is 0 Å². The van der Waals surface area contributed by atoms with Gasteiger partial charge in [-0.3, -0.25) is 4.98 Å². The van der Waals surface area contributed by atoms with Gasteiger partial charge in [0, 0.05) is 30.5 Å². The van der Waals surface area contributed by atoms with E-state index >= 15 is 0 Å². The van der Waals surface area contributed by atoms with Crippen molar-refractivity contribution in [3.63, 3.8) is 0 Å². The summed E-state index contributed by atoms with van der Waals surface area (Å²) in [5.74, 6) is 0. The molecule has 0 fully saturated rings. The van der Waals surface area contributed by atoms with Crippen LogP contribution in [0.15, 0.2) is 42.6 Å². The molecule has 0 radical (unpaired) electrons. The van der Waals surface area contributed by atoms with E-state index in [9.17, 15) is 18.0 Å².